The number of benzene rings is 1. The molecule has 6 heteroatoms. The first-order valence-corrected chi connectivity index (χ1v) is 5.45. The number of aromatic nitrogens is 1. The number of hydrogen-bond acceptors (Lipinski definition) is 4. The number of carbonyl (C=O) groups is 1. The summed E-state index contributed by atoms with van der Waals surface area (Å²) in [4.78, 5) is 10.7. The van der Waals surface area contributed by atoms with Gasteiger partial charge in [0, 0.05) is 10.5 Å². The van der Waals surface area contributed by atoms with Gasteiger partial charge < -0.3 is 14.4 Å². The molecule has 2 aromatic rings. The van der Waals surface area contributed by atoms with Crippen LogP contribution in [0.4, 0.5) is 0 Å². The highest BCUT2D eigenvalue weighted by atomic mass is 79.9. The van der Waals surface area contributed by atoms with Gasteiger partial charge in [0.15, 0.2) is 11.5 Å². The largest absolute Gasteiger partial charge is 0.496 e. The number of carboxylic acid groups (broad SMARTS) is 1. The lowest BCUT2D eigenvalue weighted by atomic mass is 10.1. The third-order valence-electron chi connectivity index (χ3n) is 2.16. The minimum Gasteiger partial charge on any atom is -0.496 e. The van der Waals surface area contributed by atoms with E-state index in [1.165, 1.54) is 13.2 Å². The highest BCUT2D eigenvalue weighted by Crippen LogP contribution is 2.32. The number of aromatic carboxylic acids is 1. The van der Waals surface area contributed by atoms with Crippen molar-refractivity contribution in [1.29, 1.82) is 0 Å². The number of rotatable bonds is 3. The molecule has 0 aliphatic heterocycles. The van der Waals surface area contributed by atoms with Gasteiger partial charge in [-0.25, -0.2) is 4.79 Å². The first-order chi connectivity index (χ1) is 8.11. The predicted molar refractivity (Wildman–Crippen MR) is 63.2 cm³/mol. The molecule has 0 radical (unpaired) electrons. The maximum atomic E-state index is 10.7. The van der Waals surface area contributed by atoms with E-state index in [0.29, 0.717) is 17.1 Å². The summed E-state index contributed by atoms with van der Waals surface area (Å²) in [5.41, 5.74) is 0.515. The highest BCUT2D eigenvalue weighted by molar-refractivity contribution is 9.10. The Bertz CT molecular complexity index is 564. The van der Waals surface area contributed by atoms with Gasteiger partial charge in [0.2, 0.25) is 0 Å². The van der Waals surface area contributed by atoms with Crippen LogP contribution < -0.4 is 4.74 Å². The van der Waals surface area contributed by atoms with Gasteiger partial charge in [0.05, 0.1) is 12.7 Å². The molecule has 5 nitrogen and oxygen atoms in total. The van der Waals surface area contributed by atoms with Gasteiger partial charge in [0.1, 0.15) is 5.75 Å². The SMILES string of the molecule is COc1cc(Br)ccc1-c1cc(C(=O)O)no1. The van der Waals surface area contributed by atoms with Crippen molar-refractivity contribution in [2.24, 2.45) is 0 Å². The molecule has 0 fully saturated rings. The third-order valence-corrected chi connectivity index (χ3v) is 2.65. The van der Waals surface area contributed by atoms with Gasteiger partial charge in [-0.3, -0.25) is 0 Å². The zero-order valence-electron chi connectivity index (χ0n) is 8.81. The Balaban J connectivity index is 2.48. The lowest BCUT2D eigenvalue weighted by Gasteiger charge is -2.05. The zero-order chi connectivity index (χ0) is 12.4. The molecule has 17 heavy (non-hydrogen) atoms. The summed E-state index contributed by atoms with van der Waals surface area (Å²) < 4.78 is 11.0. The standard InChI is InChI=1S/C11H8BrNO4/c1-16-9-4-6(12)2-3-7(9)10-5-8(11(14)15)13-17-10/h2-5H,1H3,(H,14,15). The van der Waals surface area contributed by atoms with Crippen LogP contribution in [0.15, 0.2) is 33.3 Å². The summed E-state index contributed by atoms with van der Waals surface area (Å²) in [7, 11) is 1.53. The molecule has 1 N–H and O–H groups in total. The van der Waals surface area contributed by atoms with E-state index in [-0.39, 0.29) is 5.69 Å². The van der Waals surface area contributed by atoms with E-state index in [9.17, 15) is 4.79 Å². The van der Waals surface area contributed by atoms with Gasteiger partial charge in [0.25, 0.3) is 0 Å². The maximum absolute atomic E-state index is 10.7. The average molecular weight is 298 g/mol. The number of methoxy groups -OCH3 is 1. The van der Waals surface area contributed by atoms with E-state index in [0.717, 1.165) is 4.47 Å². The number of nitrogens with zero attached hydrogens (tertiary/aromatic N) is 1. The summed E-state index contributed by atoms with van der Waals surface area (Å²) in [5.74, 6) is -0.199. The Morgan fingerprint density at radius 2 is 2.24 bits per heavy atom. The molecule has 0 saturated carbocycles. The van der Waals surface area contributed by atoms with Gasteiger partial charge in [-0.05, 0) is 18.2 Å². The van der Waals surface area contributed by atoms with Crippen LogP contribution >= 0.6 is 15.9 Å². The van der Waals surface area contributed by atoms with Crippen LogP contribution in [0.2, 0.25) is 0 Å². The zero-order valence-corrected chi connectivity index (χ0v) is 10.4. The summed E-state index contributed by atoms with van der Waals surface area (Å²) in [6, 6.07) is 6.68. The van der Waals surface area contributed by atoms with E-state index in [1.807, 2.05) is 0 Å². The van der Waals surface area contributed by atoms with Crippen LogP contribution in [0, 0.1) is 0 Å². The fourth-order valence-corrected chi connectivity index (χ4v) is 1.71. The lowest BCUT2D eigenvalue weighted by molar-refractivity contribution is 0.0686. The lowest BCUT2D eigenvalue weighted by Crippen LogP contribution is -1.94. The fourth-order valence-electron chi connectivity index (χ4n) is 1.37. The molecule has 0 spiro atoms. The number of halogens is 1. The molecule has 1 aromatic heterocycles. The summed E-state index contributed by atoms with van der Waals surface area (Å²) in [6.07, 6.45) is 0. The smallest absolute Gasteiger partial charge is 0.358 e. The van der Waals surface area contributed by atoms with Gasteiger partial charge in [-0.2, -0.15) is 0 Å². The molecule has 0 unspecified atom stereocenters. The molecule has 2 rings (SSSR count). The molecule has 0 aliphatic carbocycles. The summed E-state index contributed by atoms with van der Waals surface area (Å²) >= 11 is 3.32. The third kappa shape index (κ3) is 2.31. The molecule has 0 saturated heterocycles. The first-order valence-electron chi connectivity index (χ1n) is 4.65. The van der Waals surface area contributed by atoms with Gasteiger partial charge >= 0.3 is 5.97 Å². The first kappa shape index (κ1) is 11.7. The molecule has 0 aliphatic rings. The van der Waals surface area contributed by atoms with E-state index in [4.69, 9.17) is 14.4 Å². The van der Waals surface area contributed by atoms with Crippen LogP contribution in [0.25, 0.3) is 11.3 Å². The van der Waals surface area contributed by atoms with Crippen LogP contribution in [-0.2, 0) is 0 Å². The number of hydrogen-bond donors (Lipinski definition) is 1. The summed E-state index contributed by atoms with van der Waals surface area (Å²) in [6.45, 7) is 0. The maximum Gasteiger partial charge on any atom is 0.358 e. The Kier molecular flexibility index (Phi) is 3.14. The van der Waals surface area contributed by atoms with Crippen molar-refractivity contribution in [3.05, 3.63) is 34.4 Å². The summed E-state index contributed by atoms with van der Waals surface area (Å²) in [5, 5.41) is 12.2. The quantitative estimate of drug-likeness (QED) is 0.943. The van der Waals surface area contributed by atoms with Crippen molar-refractivity contribution in [2.75, 3.05) is 7.11 Å². The molecule has 1 aromatic carbocycles. The minimum atomic E-state index is -1.13. The van der Waals surface area contributed by atoms with Crippen LogP contribution in [0.5, 0.6) is 5.75 Å². The predicted octanol–water partition coefficient (Wildman–Crippen LogP) is 2.81. The Morgan fingerprint density at radius 1 is 1.47 bits per heavy atom. The molecule has 0 atom stereocenters. The van der Waals surface area contributed by atoms with Crippen LogP contribution in [0.1, 0.15) is 10.5 Å². The molecular formula is C11H8BrNO4. The normalized spacial score (nSPS) is 10.2. The van der Waals surface area contributed by atoms with Crippen molar-refractivity contribution in [2.45, 2.75) is 0 Å². The topological polar surface area (TPSA) is 72.6 Å². The molecule has 88 valence electrons. The second-order valence-electron chi connectivity index (χ2n) is 3.23. The number of ether oxygens (including phenoxy) is 1. The molecular weight excluding hydrogens is 290 g/mol. The Morgan fingerprint density at radius 3 is 2.82 bits per heavy atom. The fraction of sp³-hybridized carbons (Fsp3) is 0.0909. The van der Waals surface area contributed by atoms with Crippen LogP contribution in [-0.4, -0.2) is 23.3 Å². The minimum absolute atomic E-state index is 0.134. The Hall–Kier alpha value is -1.82. The Labute approximate surface area is 105 Å². The van der Waals surface area contributed by atoms with E-state index >= 15 is 0 Å². The van der Waals surface area contributed by atoms with Crippen molar-refractivity contribution >= 4 is 21.9 Å². The monoisotopic (exact) mass is 297 g/mol. The second kappa shape index (κ2) is 4.58. The van der Waals surface area contributed by atoms with Crippen LogP contribution in [0.3, 0.4) is 0 Å². The van der Waals surface area contributed by atoms with E-state index in [2.05, 4.69) is 21.1 Å². The van der Waals surface area contributed by atoms with E-state index < -0.39 is 5.97 Å². The van der Waals surface area contributed by atoms with Gasteiger partial charge in [-0.15, -0.1) is 0 Å². The highest BCUT2D eigenvalue weighted by Gasteiger charge is 2.15. The van der Waals surface area contributed by atoms with Crippen molar-refractivity contribution in [3.8, 4) is 17.1 Å². The van der Waals surface area contributed by atoms with E-state index in [1.54, 1.807) is 18.2 Å². The molecule has 0 amide bonds. The second-order valence-corrected chi connectivity index (χ2v) is 4.14. The van der Waals surface area contributed by atoms with Crippen molar-refractivity contribution < 1.29 is 19.2 Å². The van der Waals surface area contributed by atoms with Crippen molar-refractivity contribution in [3.63, 3.8) is 0 Å². The van der Waals surface area contributed by atoms with Gasteiger partial charge in [-0.1, -0.05) is 21.1 Å². The molecule has 1 heterocycles. The molecule has 0 bridgehead atoms. The van der Waals surface area contributed by atoms with Crippen molar-refractivity contribution in [1.82, 2.24) is 5.16 Å². The number of carboxylic acids is 1. The average Bonchev–Trinajstić information content (AvgIpc) is 2.78.